The fourth-order valence-corrected chi connectivity index (χ4v) is 4.72. The van der Waals surface area contributed by atoms with Crippen molar-refractivity contribution in [2.45, 2.75) is 31.6 Å². The Morgan fingerprint density at radius 2 is 1.78 bits per heavy atom. The van der Waals surface area contributed by atoms with Crippen molar-refractivity contribution in [3.63, 3.8) is 0 Å². The van der Waals surface area contributed by atoms with E-state index in [1.54, 1.807) is 24.3 Å². The molecule has 32 heavy (non-hydrogen) atoms. The minimum atomic E-state index is -0.408. The number of methoxy groups -OCH3 is 1. The van der Waals surface area contributed by atoms with Gasteiger partial charge < -0.3 is 19.7 Å². The summed E-state index contributed by atoms with van der Waals surface area (Å²) in [7, 11) is 1.35. The summed E-state index contributed by atoms with van der Waals surface area (Å²) in [6.45, 7) is 1.86. The van der Waals surface area contributed by atoms with Crippen molar-refractivity contribution in [2.24, 2.45) is 0 Å². The number of Topliss-reactive ketones (excluding diaryl/α,β-unsaturated/α-hetero) is 1. The summed E-state index contributed by atoms with van der Waals surface area (Å²) >= 11 is 0. The maximum absolute atomic E-state index is 13.5. The lowest BCUT2D eigenvalue weighted by molar-refractivity contribution is -0.116. The van der Waals surface area contributed by atoms with Gasteiger partial charge in [-0.15, -0.1) is 0 Å². The maximum Gasteiger partial charge on any atom is 0.337 e. The zero-order chi connectivity index (χ0) is 22.4. The third-order valence-electron chi connectivity index (χ3n) is 6.29. The highest BCUT2D eigenvalue weighted by Gasteiger charge is 2.41. The number of ether oxygens (including phenoxy) is 1. The van der Waals surface area contributed by atoms with Gasteiger partial charge in [-0.3, -0.25) is 4.79 Å². The molecule has 0 saturated carbocycles. The number of phenols is 1. The lowest BCUT2D eigenvalue weighted by atomic mass is 9.72. The van der Waals surface area contributed by atoms with Crippen LogP contribution < -0.4 is 5.32 Å². The molecule has 2 N–H and O–H groups in total. The Morgan fingerprint density at radius 1 is 1.09 bits per heavy atom. The molecule has 0 unspecified atom stereocenters. The van der Waals surface area contributed by atoms with Crippen molar-refractivity contribution in [3.05, 3.63) is 87.7 Å². The number of carbonyl (C=O) groups is 2. The van der Waals surface area contributed by atoms with Crippen LogP contribution in [-0.4, -0.2) is 29.1 Å². The molecule has 1 aromatic heterocycles. The number of fused-ring (bicyclic) bond motifs is 1. The lowest BCUT2D eigenvalue weighted by Gasteiger charge is -2.34. The molecule has 2 aliphatic rings. The Bertz CT molecular complexity index is 1240. The summed E-state index contributed by atoms with van der Waals surface area (Å²) in [5.41, 5.74) is 5.43. The van der Waals surface area contributed by atoms with Crippen LogP contribution in [0.1, 0.15) is 57.4 Å². The summed E-state index contributed by atoms with van der Waals surface area (Å²) in [5.74, 6) is 0.0697. The van der Waals surface area contributed by atoms with Crippen LogP contribution >= 0.6 is 0 Å². The molecule has 2 heterocycles. The molecular weight excluding hydrogens is 408 g/mol. The third-order valence-corrected chi connectivity index (χ3v) is 6.29. The molecule has 1 aliphatic heterocycles. The van der Waals surface area contributed by atoms with Crippen LogP contribution in [-0.2, 0) is 9.53 Å². The van der Waals surface area contributed by atoms with E-state index in [4.69, 9.17) is 9.26 Å². The van der Waals surface area contributed by atoms with Crippen molar-refractivity contribution in [1.82, 2.24) is 5.16 Å². The molecule has 7 nitrogen and oxygen atoms in total. The van der Waals surface area contributed by atoms with Crippen molar-refractivity contribution in [2.75, 3.05) is 12.4 Å². The number of phenolic OH excluding ortho intramolecular Hbond substituents is 1. The fraction of sp³-hybridized carbons (Fsp3) is 0.240. The van der Waals surface area contributed by atoms with Crippen molar-refractivity contribution in [1.29, 1.82) is 0 Å². The van der Waals surface area contributed by atoms with E-state index in [1.807, 2.05) is 31.2 Å². The summed E-state index contributed by atoms with van der Waals surface area (Å²) in [6, 6.07) is 14.1. The van der Waals surface area contributed by atoms with Crippen LogP contribution in [0.5, 0.6) is 5.75 Å². The number of nitrogens with zero attached hydrogens (tertiary/aromatic N) is 1. The van der Waals surface area contributed by atoms with E-state index in [-0.39, 0.29) is 23.4 Å². The SMILES string of the molecule is COC(=O)c1ccc([C@H]2C3=C(C[C@H](c4ccc(O)cc4)CC3=O)Nc3onc(C)c32)cc1. The van der Waals surface area contributed by atoms with Crippen LogP contribution in [0.4, 0.5) is 5.88 Å². The predicted octanol–water partition coefficient (Wildman–Crippen LogP) is 4.43. The van der Waals surface area contributed by atoms with Crippen LogP contribution in [0.15, 0.2) is 64.3 Å². The first-order chi connectivity index (χ1) is 15.5. The Balaban J connectivity index is 1.57. The first-order valence-electron chi connectivity index (χ1n) is 10.4. The Kier molecular flexibility index (Phi) is 4.81. The first kappa shape index (κ1) is 20.1. The van der Waals surface area contributed by atoms with Crippen LogP contribution in [0, 0.1) is 6.92 Å². The highest BCUT2D eigenvalue weighted by atomic mass is 16.5. The molecule has 5 rings (SSSR count). The van der Waals surface area contributed by atoms with Gasteiger partial charge in [-0.25, -0.2) is 4.79 Å². The van der Waals surface area contributed by atoms with Gasteiger partial charge in [0.1, 0.15) is 5.75 Å². The Labute approximate surface area is 184 Å². The third kappa shape index (κ3) is 3.26. The van der Waals surface area contributed by atoms with Crippen molar-refractivity contribution < 1.29 is 24.0 Å². The average molecular weight is 430 g/mol. The Hall–Kier alpha value is -3.87. The minimum Gasteiger partial charge on any atom is -0.508 e. The number of esters is 1. The molecular formula is C25H22N2O5. The van der Waals surface area contributed by atoms with E-state index in [1.165, 1.54) is 7.11 Å². The zero-order valence-corrected chi connectivity index (χ0v) is 17.7. The number of hydrogen-bond acceptors (Lipinski definition) is 7. The smallest absolute Gasteiger partial charge is 0.337 e. The van der Waals surface area contributed by atoms with Gasteiger partial charge in [0.05, 0.1) is 23.9 Å². The Morgan fingerprint density at radius 3 is 2.47 bits per heavy atom. The van der Waals surface area contributed by atoms with Gasteiger partial charge in [0.2, 0.25) is 5.88 Å². The summed E-state index contributed by atoms with van der Waals surface area (Å²) < 4.78 is 10.3. The highest BCUT2D eigenvalue weighted by molar-refractivity contribution is 6.01. The second-order valence-corrected chi connectivity index (χ2v) is 8.19. The standard InChI is InChI=1S/C25H22N2O5/c1-13-21-22(15-3-5-16(6-4-15)25(30)31-2)23-19(26-24(21)32-27-13)11-17(12-20(23)29)14-7-9-18(28)10-8-14/h3-10,17,22,26,28H,11-12H2,1-2H3/t17-,22+/m0/s1. The predicted molar refractivity (Wildman–Crippen MR) is 117 cm³/mol. The van der Waals surface area contributed by atoms with Crippen LogP contribution in [0.3, 0.4) is 0 Å². The molecule has 0 amide bonds. The number of aromatic nitrogens is 1. The van der Waals surface area contributed by atoms with Gasteiger partial charge in [-0.2, -0.15) is 0 Å². The molecule has 1 aliphatic carbocycles. The number of anilines is 1. The van der Waals surface area contributed by atoms with E-state index < -0.39 is 5.97 Å². The molecule has 0 saturated heterocycles. The quantitative estimate of drug-likeness (QED) is 0.593. The van der Waals surface area contributed by atoms with E-state index in [9.17, 15) is 14.7 Å². The molecule has 7 heteroatoms. The molecule has 162 valence electrons. The van der Waals surface area contributed by atoms with Crippen molar-refractivity contribution in [3.8, 4) is 5.75 Å². The van der Waals surface area contributed by atoms with Gasteiger partial charge in [0.25, 0.3) is 0 Å². The summed E-state index contributed by atoms with van der Waals surface area (Å²) in [5, 5.41) is 17.0. The zero-order valence-electron chi connectivity index (χ0n) is 17.7. The van der Waals surface area contributed by atoms with E-state index in [0.29, 0.717) is 29.9 Å². The van der Waals surface area contributed by atoms with Gasteiger partial charge >= 0.3 is 5.97 Å². The highest BCUT2D eigenvalue weighted by Crippen LogP contribution is 2.49. The number of aryl methyl sites for hydroxylation is 1. The van der Waals surface area contributed by atoms with Crippen LogP contribution in [0.2, 0.25) is 0 Å². The van der Waals surface area contributed by atoms with Gasteiger partial charge in [-0.1, -0.05) is 29.4 Å². The molecule has 0 spiro atoms. The topological polar surface area (TPSA) is 102 Å². The molecule has 0 fully saturated rings. The number of benzene rings is 2. The minimum absolute atomic E-state index is 0.00210. The van der Waals surface area contributed by atoms with Crippen LogP contribution in [0.25, 0.3) is 0 Å². The normalized spacial score (nSPS) is 19.8. The van der Waals surface area contributed by atoms with Crippen molar-refractivity contribution >= 4 is 17.6 Å². The van der Waals surface area contributed by atoms with Gasteiger partial charge in [-0.05, 0) is 54.7 Å². The fourth-order valence-electron chi connectivity index (χ4n) is 4.72. The molecule has 2 atom stereocenters. The average Bonchev–Trinajstić information content (AvgIpc) is 3.18. The number of ketones is 1. The van der Waals surface area contributed by atoms with E-state index >= 15 is 0 Å². The number of carbonyl (C=O) groups excluding carboxylic acids is 2. The van der Waals surface area contributed by atoms with Gasteiger partial charge in [0.15, 0.2) is 5.78 Å². The molecule has 0 radical (unpaired) electrons. The molecule has 3 aromatic rings. The summed E-state index contributed by atoms with van der Waals surface area (Å²) in [4.78, 5) is 25.3. The number of aromatic hydroxyl groups is 1. The summed E-state index contributed by atoms with van der Waals surface area (Å²) in [6.07, 6.45) is 1.02. The lowest BCUT2D eigenvalue weighted by Crippen LogP contribution is -2.29. The number of nitrogens with one attached hydrogen (secondary N) is 1. The van der Waals surface area contributed by atoms with E-state index in [2.05, 4.69) is 10.5 Å². The number of allylic oxidation sites excluding steroid dienone is 2. The van der Waals surface area contributed by atoms with Gasteiger partial charge in [0, 0.05) is 23.6 Å². The molecule has 0 bridgehead atoms. The first-order valence-corrected chi connectivity index (χ1v) is 10.4. The number of hydrogen-bond donors (Lipinski definition) is 2. The largest absolute Gasteiger partial charge is 0.508 e. The maximum atomic E-state index is 13.5. The van der Waals surface area contributed by atoms with E-state index in [0.717, 1.165) is 28.1 Å². The number of rotatable bonds is 3. The monoisotopic (exact) mass is 430 g/mol. The molecule has 2 aromatic carbocycles. The second-order valence-electron chi connectivity index (χ2n) is 8.19. The second kappa shape index (κ2) is 7.67.